The van der Waals surface area contributed by atoms with E-state index in [1.165, 1.54) is 6.42 Å². The number of hydrogen-bond donors (Lipinski definition) is 0. The Bertz CT molecular complexity index is 812. The molecule has 0 aliphatic heterocycles. The Morgan fingerprint density at radius 3 is 2.11 bits per heavy atom. The lowest BCUT2D eigenvalue weighted by atomic mass is 9.70. The number of nitrogens with zero attached hydrogens (tertiary/aromatic N) is 2. The van der Waals surface area contributed by atoms with E-state index in [1.807, 2.05) is 42.5 Å². The molecule has 1 fully saturated rings. The third-order valence-corrected chi connectivity index (χ3v) is 4.96. The van der Waals surface area contributed by atoms with Crippen LogP contribution in [0.3, 0.4) is 0 Å². The predicted octanol–water partition coefficient (Wildman–Crippen LogP) is 5.18. The largest absolute Gasteiger partial charge is 0.497 e. The van der Waals surface area contributed by atoms with E-state index in [-0.39, 0.29) is 5.41 Å². The van der Waals surface area contributed by atoms with Crippen molar-refractivity contribution in [2.24, 2.45) is 0 Å². The van der Waals surface area contributed by atoms with Crippen LogP contribution in [0.4, 0.5) is 0 Å². The molecule has 4 heteroatoms. The van der Waals surface area contributed by atoms with Gasteiger partial charge in [0.05, 0.1) is 38.2 Å². The first-order valence-electron chi connectivity index (χ1n) is 9.23. The van der Waals surface area contributed by atoms with Crippen LogP contribution in [-0.2, 0) is 11.8 Å². The Balaban J connectivity index is 0.000000208. The van der Waals surface area contributed by atoms with Crippen molar-refractivity contribution in [3.05, 3.63) is 59.7 Å². The zero-order valence-electron chi connectivity index (χ0n) is 16.1. The lowest BCUT2D eigenvalue weighted by Gasteiger charge is -2.31. The summed E-state index contributed by atoms with van der Waals surface area (Å²) in [6.07, 6.45) is 5.98. The highest BCUT2D eigenvalue weighted by Gasteiger charge is 2.34. The van der Waals surface area contributed by atoms with Gasteiger partial charge in [-0.15, -0.1) is 0 Å². The monoisotopic (exact) mass is 362 g/mol. The zero-order chi connectivity index (χ0) is 19.5. The summed E-state index contributed by atoms with van der Waals surface area (Å²) in [7, 11) is 3.28. The molecule has 0 unspecified atom stereocenters. The van der Waals surface area contributed by atoms with Gasteiger partial charge in [-0.05, 0) is 48.2 Å². The molecule has 0 heterocycles. The van der Waals surface area contributed by atoms with Crippen molar-refractivity contribution in [3.8, 4) is 23.6 Å². The van der Waals surface area contributed by atoms with Crippen LogP contribution < -0.4 is 9.47 Å². The van der Waals surface area contributed by atoms with Crippen molar-refractivity contribution >= 4 is 0 Å². The summed E-state index contributed by atoms with van der Waals surface area (Å²) in [5.41, 5.74) is 1.84. The van der Waals surface area contributed by atoms with Gasteiger partial charge in [-0.2, -0.15) is 10.5 Å². The number of ether oxygens (including phenoxy) is 2. The van der Waals surface area contributed by atoms with E-state index in [4.69, 9.17) is 14.7 Å². The van der Waals surface area contributed by atoms with Gasteiger partial charge in [0.15, 0.2) is 0 Å². The van der Waals surface area contributed by atoms with Crippen LogP contribution in [0.5, 0.6) is 11.5 Å². The molecule has 1 saturated carbocycles. The van der Waals surface area contributed by atoms with Gasteiger partial charge in [0.25, 0.3) is 0 Å². The maximum absolute atomic E-state index is 9.47. The first-order valence-corrected chi connectivity index (χ1v) is 9.23. The van der Waals surface area contributed by atoms with E-state index < -0.39 is 0 Å². The third-order valence-electron chi connectivity index (χ3n) is 4.96. The summed E-state index contributed by atoms with van der Waals surface area (Å²) < 4.78 is 10.2. The standard InChI is InChI=1S/C14H17NO.C9H9NO/c1-16-13-7-5-6-12(10-13)14(11-15)8-3-2-4-9-14;1-11-9-4-2-3-8(7-9)5-6-10/h5-7,10H,2-4,8-9H2,1H3;2-4,7H,5H2,1H3. The summed E-state index contributed by atoms with van der Waals surface area (Å²) in [6, 6.07) is 20.1. The molecular weight excluding hydrogens is 336 g/mol. The highest BCUT2D eigenvalue weighted by molar-refractivity contribution is 5.38. The maximum Gasteiger partial charge on any atom is 0.119 e. The molecular formula is C23H26N2O2. The zero-order valence-corrected chi connectivity index (χ0v) is 16.1. The molecule has 2 aromatic carbocycles. The number of rotatable bonds is 4. The first-order chi connectivity index (χ1) is 13.2. The molecule has 0 radical (unpaired) electrons. The SMILES string of the molecule is COc1cccc(C2(C#N)CCCCC2)c1.COc1cccc(CC#N)c1. The molecule has 140 valence electrons. The van der Waals surface area contributed by atoms with Crippen molar-refractivity contribution in [2.45, 2.75) is 43.9 Å². The summed E-state index contributed by atoms with van der Waals surface area (Å²) in [4.78, 5) is 0. The molecule has 0 spiro atoms. The summed E-state index contributed by atoms with van der Waals surface area (Å²) in [5.74, 6) is 1.65. The fourth-order valence-electron chi connectivity index (χ4n) is 3.41. The average Bonchev–Trinajstić information content (AvgIpc) is 2.75. The normalized spacial score (nSPS) is 14.7. The molecule has 1 aliphatic carbocycles. The number of benzene rings is 2. The molecule has 27 heavy (non-hydrogen) atoms. The fraction of sp³-hybridized carbons (Fsp3) is 0.391. The smallest absolute Gasteiger partial charge is 0.119 e. The highest BCUT2D eigenvalue weighted by atomic mass is 16.5. The Kier molecular flexibility index (Phi) is 7.71. The number of methoxy groups -OCH3 is 2. The van der Waals surface area contributed by atoms with Crippen LogP contribution in [0, 0.1) is 22.7 Å². The van der Waals surface area contributed by atoms with Gasteiger partial charge in [0, 0.05) is 0 Å². The minimum Gasteiger partial charge on any atom is -0.497 e. The van der Waals surface area contributed by atoms with Gasteiger partial charge in [0.2, 0.25) is 0 Å². The van der Waals surface area contributed by atoms with E-state index in [2.05, 4.69) is 18.2 Å². The first kappa shape index (κ1) is 20.3. The Labute approximate surface area is 162 Å². The minimum absolute atomic E-state index is 0.271. The van der Waals surface area contributed by atoms with Gasteiger partial charge < -0.3 is 9.47 Å². The minimum atomic E-state index is -0.271. The quantitative estimate of drug-likeness (QED) is 0.751. The Morgan fingerprint density at radius 1 is 0.889 bits per heavy atom. The number of nitriles is 2. The van der Waals surface area contributed by atoms with E-state index in [9.17, 15) is 5.26 Å². The van der Waals surface area contributed by atoms with Crippen molar-refractivity contribution in [2.75, 3.05) is 14.2 Å². The molecule has 0 amide bonds. The highest BCUT2D eigenvalue weighted by Crippen LogP contribution is 2.39. The third kappa shape index (κ3) is 5.50. The molecule has 1 aliphatic rings. The van der Waals surface area contributed by atoms with Gasteiger partial charge in [-0.1, -0.05) is 43.5 Å². The number of hydrogen-bond acceptors (Lipinski definition) is 4. The van der Waals surface area contributed by atoms with Crippen molar-refractivity contribution in [3.63, 3.8) is 0 Å². The van der Waals surface area contributed by atoms with Gasteiger partial charge in [0.1, 0.15) is 11.5 Å². The predicted molar refractivity (Wildman–Crippen MR) is 106 cm³/mol. The van der Waals surface area contributed by atoms with Crippen LogP contribution in [0.25, 0.3) is 0 Å². The topological polar surface area (TPSA) is 66.0 Å². The molecule has 0 N–H and O–H groups in total. The summed E-state index contributed by atoms with van der Waals surface area (Å²) >= 11 is 0. The molecule has 0 bridgehead atoms. The van der Waals surface area contributed by atoms with Crippen LogP contribution >= 0.6 is 0 Å². The molecule has 4 nitrogen and oxygen atoms in total. The van der Waals surface area contributed by atoms with Crippen LogP contribution in [0.15, 0.2) is 48.5 Å². The van der Waals surface area contributed by atoms with Crippen molar-refractivity contribution in [1.82, 2.24) is 0 Å². The summed E-state index contributed by atoms with van der Waals surface area (Å²) in [6.45, 7) is 0. The van der Waals surface area contributed by atoms with E-state index >= 15 is 0 Å². The lowest BCUT2D eigenvalue weighted by molar-refractivity contribution is 0.362. The molecule has 3 rings (SSSR count). The average molecular weight is 362 g/mol. The van der Waals surface area contributed by atoms with Gasteiger partial charge in [-0.3, -0.25) is 0 Å². The van der Waals surface area contributed by atoms with Crippen LogP contribution in [0.2, 0.25) is 0 Å². The summed E-state index contributed by atoms with van der Waals surface area (Å²) in [5, 5.41) is 17.9. The molecule has 0 saturated heterocycles. The van der Waals surface area contributed by atoms with Gasteiger partial charge in [-0.25, -0.2) is 0 Å². The van der Waals surface area contributed by atoms with E-state index in [0.29, 0.717) is 6.42 Å². The second kappa shape index (κ2) is 10.2. The van der Waals surface area contributed by atoms with E-state index in [0.717, 1.165) is 48.3 Å². The lowest BCUT2D eigenvalue weighted by Crippen LogP contribution is -2.26. The fourth-order valence-corrected chi connectivity index (χ4v) is 3.41. The van der Waals surface area contributed by atoms with Crippen molar-refractivity contribution in [1.29, 1.82) is 10.5 Å². The molecule has 0 atom stereocenters. The van der Waals surface area contributed by atoms with E-state index in [1.54, 1.807) is 14.2 Å². The second-order valence-corrected chi connectivity index (χ2v) is 6.67. The van der Waals surface area contributed by atoms with Crippen LogP contribution in [0.1, 0.15) is 43.2 Å². The Hall–Kier alpha value is -2.98. The maximum atomic E-state index is 9.47. The molecule has 0 aromatic heterocycles. The van der Waals surface area contributed by atoms with Crippen LogP contribution in [-0.4, -0.2) is 14.2 Å². The second-order valence-electron chi connectivity index (χ2n) is 6.67. The molecule has 2 aromatic rings. The van der Waals surface area contributed by atoms with Gasteiger partial charge >= 0.3 is 0 Å². The van der Waals surface area contributed by atoms with Crippen molar-refractivity contribution < 1.29 is 9.47 Å². The Morgan fingerprint density at radius 2 is 1.52 bits per heavy atom.